The number of methoxy groups -OCH3 is 1. The second-order valence-corrected chi connectivity index (χ2v) is 3.89. The lowest BCUT2D eigenvalue weighted by atomic mass is 10.0. The predicted molar refractivity (Wildman–Crippen MR) is 62.3 cm³/mol. The molecule has 0 aliphatic carbocycles. The van der Waals surface area contributed by atoms with Crippen molar-refractivity contribution in [3.8, 4) is 5.75 Å². The van der Waals surface area contributed by atoms with E-state index in [-0.39, 0.29) is 6.10 Å². The maximum Gasteiger partial charge on any atom is 0.119 e. The van der Waals surface area contributed by atoms with Gasteiger partial charge in [-0.3, -0.25) is 0 Å². The van der Waals surface area contributed by atoms with Gasteiger partial charge in [-0.05, 0) is 49.4 Å². The van der Waals surface area contributed by atoms with Gasteiger partial charge >= 0.3 is 0 Å². The van der Waals surface area contributed by atoms with Crippen LogP contribution in [0.3, 0.4) is 0 Å². The number of aliphatic hydroxyl groups excluding tert-OH is 1. The minimum absolute atomic E-state index is 0.185. The zero-order valence-electron chi connectivity index (χ0n) is 9.79. The molecule has 1 unspecified atom stereocenters. The predicted octanol–water partition coefficient (Wildman–Crippen LogP) is 2.71. The quantitative estimate of drug-likeness (QED) is 0.806. The maximum atomic E-state index is 9.51. The topological polar surface area (TPSA) is 29.5 Å². The van der Waals surface area contributed by atoms with E-state index in [1.165, 1.54) is 11.1 Å². The lowest BCUT2D eigenvalue weighted by Crippen LogP contribution is -2.06. The third kappa shape index (κ3) is 3.56. The van der Waals surface area contributed by atoms with Gasteiger partial charge in [0.2, 0.25) is 0 Å². The van der Waals surface area contributed by atoms with Crippen LogP contribution in [-0.4, -0.2) is 18.3 Å². The maximum absolute atomic E-state index is 9.51. The van der Waals surface area contributed by atoms with Crippen LogP contribution in [0, 0.1) is 6.92 Å². The fraction of sp³-hybridized carbons (Fsp3) is 0.538. The summed E-state index contributed by atoms with van der Waals surface area (Å²) in [7, 11) is 1.68. The molecule has 1 rings (SSSR count). The highest BCUT2D eigenvalue weighted by Crippen LogP contribution is 2.19. The van der Waals surface area contributed by atoms with Crippen LogP contribution in [0.25, 0.3) is 0 Å². The fourth-order valence-corrected chi connectivity index (χ4v) is 1.57. The van der Waals surface area contributed by atoms with Crippen molar-refractivity contribution in [2.75, 3.05) is 7.11 Å². The average molecular weight is 208 g/mol. The van der Waals surface area contributed by atoms with Gasteiger partial charge in [0.05, 0.1) is 13.2 Å². The van der Waals surface area contributed by atoms with E-state index in [2.05, 4.69) is 19.1 Å². The molecule has 0 aliphatic heterocycles. The zero-order valence-corrected chi connectivity index (χ0v) is 9.79. The van der Waals surface area contributed by atoms with Gasteiger partial charge in [0.25, 0.3) is 0 Å². The van der Waals surface area contributed by atoms with Gasteiger partial charge in [-0.1, -0.05) is 13.0 Å². The highest BCUT2D eigenvalue weighted by atomic mass is 16.5. The number of benzene rings is 1. The molecule has 0 radical (unpaired) electrons. The molecule has 0 spiro atoms. The summed E-state index contributed by atoms with van der Waals surface area (Å²) in [6, 6.07) is 6.08. The summed E-state index contributed by atoms with van der Waals surface area (Å²) >= 11 is 0. The van der Waals surface area contributed by atoms with Crippen molar-refractivity contribution in [2.45, 2.75) is 39.2 Å². The molecule has 2 heteroatoms. The summed E-state index contributed by atoms with van der Waals surface area (Å²) in [4.78, 5) is 0. The van der Waals surface area contributed by atoms with Crippen LogP contribution in [0.1, 0.15) is 30.9 Å². The Morgan fingerprint density at radius 2 is 2.13 bits per heavy atom. The van der Waals surface area contributed by atoms with Crippen molar-refractivity contribution in [1.82, 2.24) is 0 Å². The summed E-state index contributed by atoms with van der Waals surface area (Å²) in [6.07, 6.45) is 2.38. The van der Waals surface area contributed by atoms with Crippen molar-refractivity contribution in [1.29, 1.82) is 0 Å². The molecule has 0 saturated heterocycles. The highest BCUT2D eigenvalue weighted by Gasteiger charge is 2.04. The number of aliphatic hydroxyl groups is 1. The molecule has 1 N–H and O–H groups in total. The molecule has 1 aromatic carbocycles. The Morgan fingerprint density at radius 1 is 1.40 bits per heavy atom. The number of ether oxygens (including phenoxy) is 1. The second-order valence-electron chi connectivity index (χ2n) is 3.89. The number of hydrogen-bond acceptors (Lipinski definition) is 2. The van der Waals surface area contributed by atoms with Crippen LogP contribution >= 0.6 is 0 Å². The van der Waals surface area contributed by atoms with Crippen LogP contribution < -0.4 is 4.74 Å². The molecule has 1 aromatic rings. The first-order valence-electron chi connectivity index (χ1n) is 5.49. The first-order valence-corrected chi connectivity index (χ1v) is 5.49. The molecular weight excluding hydrogens is 188 g/mol. The van der Waals surface area contributed by atoms with Crippen molar-refractivity contribution in [3.63, 3.8) is 0 Å². The van der Waals surface area contributed by atoms with Crippen molar-refractivity contribution >= 4 is 0 Å². The van der Waals surface area contributed by atoms with E-state index in [0.29, 0.717) is 0 Å². The van der Waals surface area contributed by atoms with Gasteiger partial charge in [-0.25, -0.2) is 0 Å². The minimum Gasteiger partial charge on any atom is -0.497 e. The largest absolute Gasteiger partial charge is 0.497 e. The van der Waals surface area contributed by atoms with Gasteiger partial charge in [0.1, 0.15) is 5.75 Å². The molecule has 0 amide bonds. The Kier molecular flexibility index (Phi) is 4.63. The normalized spacial score (nSPS) is 12.5. The van der Waals surface area contributed by atoms with Gasteiger partial charge in [-0.15, -0.1) is 0 Å². The Labute approximate surface area is 91.9 Å². The van der Waals surface area contributed by atoms with Gasteiger partial charge in [0.15, 0.2) is 0 Å². The van der Waals surface area contributed by atoms with Crippen LogP contribution in [0.15, 0.2) is 18.2 Å². The van der Waals surface area contributed by atoms with E-state index in [1.54, 1.807) is 7.11 Å². The first kappa shape index (κ1) is 12.1. The zero-order chi connectivity index (χ0) is 11.3. The molecule has 0 heterocycles. The molecule has 15 heavy (non-hydrogen) atoms. The van der Waals surface area contributed by atoms with E-state index in [1.807, 2.05) is 13.0 Å². The SMILES string of the molecule is CCC(O)CCc1cc(OC)ccc1C. The molecule has 0 aromatic heterocycles. The van der Waals surface area contributed by atoms with Gasteiger partial charge < -0.3 is 9.84 Å². The summed E-state index contributed by atoms with van der Waals surface area (Å²) in [5.74, 6) is 0.890. The molecule has 2 nitrogen and oxygen atoms in total. The summed E-state index contributed by atoms with van der Waals surface area (Å²) in [5.41, 5.74) is 2.53. The first-order chi connectivity index (χ1) is 7.17. The lowest BCUT2D eigenvalue weighted by Gasteiger charge is -2.10. The van der Waals surface area contributed by atoms with Crippen molar-refractivity contribution in [3.05, 3.63) is 29.3 Å². The summed E-state index contributed by atoms with van der Waals surface area (Å²) in [5, 5.41) is 9.51. The third-order valence-corrected chi connectivity index (χ3v) is 2.77. The lowest BCUT2D eigenvalue weighted by molar-refractivity contribution is 0.160. The standard InChI is InChI=1S/C13H20O2/c1-4-12(14)7-6-11-9-13(15-3)8-5-10(11)2/h5,8-9,12,14H,4,6-7H2,1-3H3. The molecule has 0 fully saturated rings. The van der Waals surface area contributed by atoms with Crippen LogP contribution in [-0.2, 0) is 6.42 Å². The molecule has 0 aliphatic rings. The molecule has 1 atom stereocenters. The summed E-state index contributed by atoms with van der Waals surface area (Å²) in [6.45, 7) is 4.09. The second kappa shape index (κ2) is 5.76. The third-order valence-electron chi connectivity index (χ3n) is 2.77. The fourth-order valence-electron chi connectivity index (χ4n) is 1.57. The molecule has 84 valence electrons. The number of aryl methyl sites for hydroxylation is 2. The van der Waals surface area contributed by atoms with Crippen LogP contribution in [0.5, 0.6) is 5.75 Å². The smallest absolute Gasteiger partial charge is 0.119 e. The van der Waals surface area contributed by atoms with Gasteiger partial charge in [-0.2, -0.15) is 0 Å². The van der Waals surface area contributed by atoms with E-state index in [0.717, 1.165) is 25.0 Å². The Balaban J connectivity index is 2.66. The van der Waals surface area contributed by atoms with Crippen molar-refractivity contribution in [2.24, 2.45) is 0 Å². The Bertz CT molecular complexity index is 307. The van der Waals surface area contributed by atoms with Gasteiger partial charge in [0, 0.05) is 0 Å². The number of rotatable bonds is 5. The van der Waals surface area contributed by atoms with Crippen LogP contribution in [0.4, 0.5) is 0 Å². The van der Waals surface area contributed by atoms with E-state index >= 15 is 0 Å². The molecule has 0 saturated carbocycles. The van der Waals surface area contributed by atoms with Crippen molar-refractivity contribution < 1.29 is 9.84 Å². The molecular formula is C13H20O2. The highest BCUT2D eigenvalue weighted by molar-refractivity contribution is 5.34. The monoisotopic (exact) mass is 208 g/mol. The average Bonchev–Trinajstić information content (AvgIpc) is 2.27. The molecule has 0 bridgehead atoms. The Hall–Kier alpha value is -1.02. The Morgan fingerprint density at radius 3 is 2.73 bits per heavy atom. The summed E-state index contributed by atoms with van der Waals surface area (Å²) < 4.78 is 5.18. The van der Waals surface area contributed by atoms with E-state index < -0.39 is 0 Å². The van der Waals surface area contributed by atoms with E-state index in [9.17, 15) is 5.11 Å². The minimum atomic E-state index is -0.185. The van der Waals surface area contributed by atoms with E-state index in [4.69, 9.17) is 4.74 Å². The number of hydrogen-bond donors (Lipinski definition) is 1. The van der Waals surface area contributed by atoms with Crippen LogP contribution in [0.2, 0.25) is 0 Å².